The maximum atomic E-state index is 12.9. The fourth-order valence-corrected chi connectivity index (χ4v) is 2.83. The molecule has 0 radical (unpaired) electrons. The first-order valence-corrected chi connectivity index (χ1v) is 8.52. The third-order valence-electron chi connectivity index (χ3n) is 4.48. The Morgan fingerprint density at radius 3 is 2.58 bits per heavy atom. The number of likely N-dealkylation sites (N-methyl/N-ethyl adjacent to an activating group) is 1. The first kappa shape index (κ1) is 16.4. The van der Waals surface area contributed by atoms with E-state index in [1.807, 2.05) is 37.3 Å². The van der Waals surface area contributed by atoms with Crippen LogP contribution in [0.3, 0.4) is 0 Å². The van der Waals surface area contributed by atoms with E-state index in [-0.39, 0.29) is 11.5 Å². The monoisotopic (exact) mass is 325 g/mol. The third-order valence-corrected chi connectivity index (χ3v) is 4.48. The minimum atomic E-state index is -0.597. The molecule has 1 unspecified atom stereocenters. The van der Waals surface area contributed by atoms with E-state index in [2.05, 4.69) is 5.10 Å². The lowest BCUT2D eigenvalue weighted by molar-refractivity contribution is -0.135. The van der Waals surface area contributed by atoms with Gasteiger partial charge in [0.05, 0.1) is 5.69 Å². The summed E-state index contributed by atoms with van der Waals surface area (Å²) in [5.41, 5.74) is 1.77. The van der Waals surface area contributed by atoms with Gasteiger partial charge in [-0.05, 0) is 38.3 Å². The molecule has 0 bridgehead atoms. The van der Waals surface area contributed by atoms with Gasteiger partial charge in [0.25, 0.3) is 5.56 Å². The summed E-state index contributed by atoms with van der Waals surface area (Å²) in [6.07, 6.45) is 2.23. The van der Waals surface area contributed by atoms with Gasteiger partial charge in [-0.3, -0.25) is 9.59 Å². The zero-order chi connectivity index (χ0) is 17.1. The van der Waals surface area contributed by atoms with Crippen molar-refractivity contribution in [3.8, 4) is 0 Å². The van der Waals surface area contributed by atoms with Crippen LogP contribution in [0, 0.1) is 0 Å². The fraction of sp³-hybridized carbons (Fsp3) is 0.421. The van der Waals surface area contributed by atoms with Crippen LogP contribution in [-0.4, -0.2) is 27.1 Å². The number of aromatic nitrogens is 2. The molecule has 5 nitrogen and oxygen atoms in total. The Morgan fingerprint density at radius 1 is 1.25 bits per heavy atom. The molecule has 1 aromatic carbocycles. The highest BCUT2D eigenvalue weighted by Crippen LogP contribution is 2.38. The molecule has 1 heterocycles. The van der Waals surface area contributed by atoms with E-state index >= 15 is 0 Å². The number of benzene rings is 1. The maximum absolute atomic E-state index is 12.9. The van der Waals surface area contributed by atoms with Crippen molar-refractivity contribution in [3.05, 3.63) is 64.1 Å². The van der Waals surface area contributed by atoms with E-state index in [1.54, 1.807) is 17.9 Å². The summed E-state index contributed by atoms with van der Waals surface area (Å²) in [5, 5.41) is 4.44. The van der Waals surface area contributed by atoms with Gasteiger partial charge >= 0.3 is 0 Å². The minimum absolute atomic E-state index is 0.0797. The molecule has 1 fully saturated rings. The zero-order valence-electron chi connectivity index (χ0n) is 14.2. The third kappa shape index (κ3) is 3.55. The number of nitrogens with zero attached hydrogens (tertiary/aromatic N) is 3. The molecule has 0 aliphatic heterocycles. The average molecular weight is 325 g/mol. The quantitative estimate of drug-likeness (QED) is 0.820. The Balaban J connectivity index is 1.80. The van der Waals surface area contributed by atoms with Crippen molar-refractivity contribution in [2.75, 3.05) is 6.54 Å². The van der Waals surface area contributed by atoms with E-state index in [9.17, 15) is 9.59 Å². The van der Waals surface area contributed by atoms with Gasteiger partial charge in [0.1, 0.15) is 6.04 Å². The summed E-state index contributed by atoms with van der Waals surface area (Å²) in [6, 6.07) is 12.6. The number of amides is 1. The molecule has 2 aromatic rings. The molecule has 1 aliphatic rings. The van der Waals surface area contributed by atoms with Gasteiger partial charge in [0.15, 0.2) is 0 Å². The average Bonchev–Trinajstić information content (AvgIpc) is 3.45. The van der Waals surface area contributed by atoms with E-state index in [0.717, 1.165) is 24.1 Å². The van der Waals surface area contributed by atoms with Crippen LogP contribution in [0.15, 0.2) is 47.3 Å². The molecule has 1 saturated carbocycles. The van der Waals surface area contributed by atoms with Crippen LogP contribution >= 0.6 is 0 Å². The molecule has 1 atom stereocenters. The molecule has 1 aromatic heterocycles. The van der Waals surface area contributed by atoms with Crippen LogP contribution < -0.4 is 5.56 Å². The van der Waals surface area contributed by atoms with Crippen molar-refractivity contribution in [3.63, 3.8) is 0 Å². The largest absolute Gasteiger partial charge is 0.337 e. The minimum Gasteiger partial charge on any atom is -0.337 e. The van der Waals surface area contributed by atoms with Gasteiger partial charge in [-0.1, -0.05) is 30.3 Å². The summed E-state index contributed by atoms with van der Waals surface area (Å²) in [7, 11) is 0. The number of rotatable bonds is 6. The molecule has 24 heavy (non-hydrogen) atoms. The van der Waals surface area contributed by atoms with E-state index < -0.39 is 6.04 Å². The lowest BCUT2D eigenvalue weighted by atomic mass is 10.2. The highest BCUT2D eigenvalue weighted by molar-refractivity contribution is 5.79. The second-order valence-electron chi connectivity index (χ2n) is 6.33. The van der Waals surface area contributed by atoms with Gasteiger partial charge in [-0.25, -0.2) is 4.68 Å². The Kier molecular flexibility index (Phi) is 4.79. The van der Waals surface area contributed by atoms with Crippen molar-refractivity contribution in [1.82, 2.24) is 14.7 Å². The van der Waals surface area contributed by atoms with Crippen LogP contribution in [0.4, 0.5) is 0 Å². The summed E-state index contributed by atoms with van der Waals surface area (Å²) < 4.78 is 1.34. The van der Waals surface area contributed by atoms with Gasteiger partial charge < -0.3 is 4.90 Å². The lowest BCUT2D eigenvalue weighted by Crippen LogP contribution is -2.39. The molecule has 0 spiro atoms. The van der Waals surface area contributed by atoms with Gasteiger partial charge in [-0.2, -0.15) is 5.10 Å². The van der Waals surface area contributed by atoms with Gasteiger partial charge in [0.2, 0.25) is 5.91 Å². The number of hydrogen-bond donors (Lipinski definition) is 0. The molecule has 1 amide bonds. The second-order valence-corrected chi connectivity index (χ2v) is 6.33. The summed E-state index contributed by atoms with van der Waals surface area (Å²) in [5.74, 6) is 0.370. The van der Waals surface area contributed by atoms with Gasteiger partial charge in [-0.15, -0.1) is 0 Å². The maximum Gasteiger partial charge on any atom is 0.267 e. The first-order chi connectivity index (χ1) is 11.6. The predicted octanol–water partition coefficient (Wildman–Crippen LogP) is 2.73. The SMILES string of the molecule is CCN(Cc1ccccc1)C(=O)C(C)n1nc(C2CC2)ccc1=O. The highest BCUT2D eigenvalue weighted by Gasteiger charge is 2.28. The first-order valence-electron chi connectivity index (χ1n) is 8.52. The number of carbonyl (C=O) groups is 1. The second kappa shape index (κ2) is 6.99. The summed E-state index contributed by atoms with van der Waals surface area (Å²) >= 11 is 0. The number of carbonyl (C=O) groups excluding carboxylic acids is 1. The highest BCUT2D eigenvalue weighted by atomic mass is 16.2. The van der Waals surface area contributed by atoms with Crippen molar-refractivity contribution in [2.45, 2.75) is 45.2 Å². The smallest absolute Gasteiger partial charge is 0.267 e. The zero-order valence-corrected chi connectivity index (χ0v) is 14.2. The molecule has 0 N–H and O–H groups in total. The predicted molar refractivity (Wildman–Crippen MR) is 92.7 cm³/mol. The van der Waals surface area contributed by atoms with Gasteiger partial charge in [0, 0.05) is 25.1 Å². The summed E-state index contributed by atoms with van der Waals surface area (Å²) in [6.45, 7) is 4.83. The van der Waals surface area contributed by atoms with Crippen LogP contribution in [0.5, 0.6) is 0 Å². The van der Waals surface area contributed by atoms with E-state index in [0.29, 0.717) is 19.0 Å². The van der Waals surface area contributed by atoms with Crippen LogP contribution in [-0.2, 0) is 11.3 Å². The van der Waals surface area contributed by atoms with Crippen molar-refractivity contribution < 1.29 is 4.79 Å². The molecule has 5 heteroatoms. The van der Waals surface area contributed by atoms with E-state index in [1.165, 1.54) is 10.7 Å². The Hall–Kier alpha value is -2.43. The van der Waals surface area contributed by atoms with Crippen LogP contribution in [0.1, 0.15) is 49.9 Å². The Bertz CT molecular complexity index is 766. The van der Waals surface area contributed by atoms with Crippen molar-refractivity contribution >= 4 is 5.91 Å². The van der Waals surface area contributed by atoms with Crippen molar-refractivity contribution in [1.29, 1.82) is 0 Å². The van der Waals surface area contributed by atoms with Crippen LogP contribution in [0.25, 0.3) is 0 Å². The standard InChI is InChI=1S/C19H23N3O2/c1-3-21(13-15-7-5-4-6-8-15)19(24)14(2)22-18(23)12-11-17(20-22)16-9-10-16/h4-8,11-12,14,16H,3,9-10,13H2,1-2H3. The molecule has 1 aliphatic carbocycles. The molecular weight excluding hydrogens is 302 g/mol. The normalized spacial score (nSPS) is 15.1. The Morgan fingerprint density at radius 2 is 1.96 bits per heavy atom. The van der Waals surface area contributed by atoms with E-state index in [4.69, 9.17) is 0 Å². The Labute approximate surface area is 141 Å². The van der Waals surface area contributed by atoms with Crippen LogP contribution in [0.2, 0.25) is 0 Å². The molecular formula is C19H23N3O2. The van der Waals surface area contributed by atoms with Crippen molar-refractivity contribution in [2.24, 2.45) is 0 Å². The lowest BCUT2D eigenvalue weighted by Gasteiger charge is -2.25. The topological polar surface area (TPSA) is 55.2 Å². The summed E-state index contributed by atoms with van der Waals surface area (Å²) in [4.78, 5) is 26.8. The molecule has 3 rings (SSSR count). The molecule has 0 saturated heterocycles. The fourth-order valence-electron chi connectivity index (χ4n) is 2.83. The number of hydrogen-bond acceptors (Lipinski definition) is 3. The molecule has 126 valence electrons.